The summed E-state index contributed by atoms with van der Waals surface area (Å²) in [5.41, 5.74) is 13.7. The minimum Gasteiger partial charge on any atom is -0.399 e. The maximum absolute atomic E-state index is 5.67. The Morgan fingerprint density at radius 2 is 1.92 bits per heavy atom. The first-order valence-electron chi connectivity index (χ1n) is 3.51. The van der Waals surface area contributed by atoms with Gasteiger partial charge in [-0.2, -0.15) is 0 Å². The molecular formula is C9H13ClN2. The van der Waals surface area contributed by atoms with Gasteiger partial charge >= 0.3 is 0 Å². The van der Waals surface area contributed by atoms with Crippen LogP contribution in [0.5, 0.6) is 0 Å². The number of nitrogen functional groups attached to an aromatic ring is 2. The van der Waals surface area contributed by atoms with Crippen molar-refractivity contribution < 1.29 is 0 Å². The molecule has 0 radical (unpaired) electrons. The standard InChI is InChI=1S/C9H12N2.ClH/c1-2-3-7-6-8(10)4-5-9(7)11;/h2-6H,10-11H2,1H3;1H. The number of allylic oxidation sites excluding steroid dienone is 1. The van der Waals surface area contributed by atoms with Gasteiger partial charge in [0.25, 0.3) is 0 Å². The highest BCUT2D eigenvalue weighted by atomic mass is 35.5. The molecule has 0 bridgehead atoms. The molecule has 0 aliphatic carbocycles. The molecule has 0 atom stereocenters. The molecule has 0 amide bonds. The predicted molar refractivity (Wildman–Crippen MR) is 57.2 cm³/mol. The Labute approximate surface area is 78.7 Å². The van der Waals surface area contributed by atoms with E-state index < -0.39 is 0 Å². The van der Waals surface area contributed by atoms with E-state index in [1.807, 2.05) is 31.2 Å². The van der Waals surface area contributed by atoms with Gasteiger partial charge in [0.05, 0.1) is 0 Å². The molecule has 1 rings (SSSR count). The zero-order valence-electron chi connectivity index (χ0n) is 6.95. The Hall–Kier alpha value is -1.15. The van der Waals surface area contributed by atoms with Gasteiger partial charge in [-0.05, 0) is 30.7 Å². The van der Waals surface area contributed by atoms with Crippen LogP contribution >= 0.6 is 12.4 Å². The number of rotatable bonds is 1. The van der Waals surface area contributed by atoms with Crippen molar-refractivity contribution in [1.82, 2.24) is 0 Å². The summed E-state index contributed by atoms with van der Waals surface area (Å²) in [5, 5.41) is 0. The van der Waals surface area contributed by atoms with Crippen LogP contribution in [0.3, 0.4) is 0 Å². The summed E-state index contributed by atoms with van der Waals surface area (Å²) in [7, 11) is 0. The van der Waals surface area contributed by atoms with Crippen molar-refractivity contribution in [2.75, 3.05) is 11.5 Å². The molecule has 12 heavy (non-hydrogen) atoms. The van der Waals surface area contributed by atoms with E-state index >= 15 is 0 Å². The van der Waals surface area contributed by atoms with E-state index in [9.17, 15) is 0 Å². The molecular weight excluding hydrogens is 172 g/mol. The largest absolute Gasteiger partial charge is 0.399 e. The maximum atomic E-state index is 5.67. The first-order chi connectivity index (χ1) is 5.24. The molecule has 0 aromatic heterocycles. The molecule has 0 aliphatic rings. The molecule has 0 unspecified atom stereocenters. The Balaban J connectivity index is 0.00000121. The highest BCUT2D eigenvalue weighted by Gasteiger charge is 1.93. The first-order valence-corrected chi connectivity index (χ1v) is 3.51. The highest BCUT2D eigenvalue weighted by molar-refractivity contribution is 5.85. The number of nitrogens with two attached hydrogens (primary N) is 2. The molecule has 0 spiro atoms. The van der Waals surface area contributed by atoms with Gasteiger partial charge in [-0.15, -0.1) is 12.4 Å². The fourth-order valence-corrected chi connectivity index (χ4v) is 0.917. The lowest BCUT2D eigenvalue weighted by Gasteiger charge is -2.00. The van der Waals surface area contributed by atoms with Crippen molar-refractivity contribution in [3.05, 3.63) is 29.8 Å². The summed E-state index contributed by atoms with van der Waals surface area (Å²) < 4.78 is 0. The van der Waals surface area contributed by atoms with Crippen LogP contribution in [0.25, 0.3) is 6.08 Å². The summed E-state index contributed by atoms with van der Waals surface area (Å²) >= 11 is 0. The van der Waals surface area contributed by atoms with E-state index in [2.05, 4.69) is 0 Å². The van der Waals surface area contributed by atoms with Crippen molar-refractivity contribution in [3.63, 3.8) is 0 Å². The molecule has 0 saturated heterocycles. The maximum Gasteiger partial charge on any atom is 0.0389 e. The van der Waals surface area contributed by atoms with Crippen LogP contribution in [0.4, 0.5) is 11.4 Å². The minimum atomic E-state index is 0. The Morgan fingerprint density at radius 1 is 1.25 bits per heavy atom. The molecule has 2 nitrogen and oxygen atoms in total. The smallest absolute Gasteiger partial charge is 0.0389 e. The quantitative estimate of drug-likeness (QED) is 0.659. The second kappa shape index (κ2) is 4.67. The molecule has 0 heterocycles. The van der Waals surface area contributed by atoms with Crippen molar-refractivity contribution in [3.8, 4) is 0 Å². The van der Waals surface area contributed by atoms with E-state index in [1.165, 1.54) is 0 Å². The van der Waals surface area contributed by atoms with Crippen molar-refractivity contribution >= 4 is 29.9 Å². The van der Waals surface area contributed by atoms with Crippen LogP contribution in [-0.4, -0.2) is 0 Å². The van der Waals surface area contributed by atoms with Crippen LogP contribution in [-0.2, 0) is 0 Å². The Kier molecular flexibility index (Phi) is 4.22. The average Bonchev–Trinajstić information content (AvgIpc) is 1.98. The third-order valence-corrected chi connectivity index (χ3v) is 1.46. The van der Waals surface area contributed by atoms with E-state index in [0.717, 1.165) is 16.9 Å². The van der Waals surface area contributed by atoms with Crippen molar-refractivity contribution in [1.29, 1.82) is 0 Å². The van der Waals surface area contributed by atoms with Gasteiger partial charge in [0.1, 0.15) is 0 Å². The highest BCUT2D eigenvalue weighted by Crippen LogP contribution is 2.16. The molecule has 4 N–H and O–H groups in total. The zero-order valence-corrected chi connectivity index (χ0v) is 7.77. The SMILES string of the molecule is CC=Cc1cc(N)ccc1N.Cl. The summed E-state index contributed by atoms with van der Waals surface area (Å²) in [6.07, 6.45) is 3.87. The lowest BCUT2D eigenvalue weighted by atomic mass is 10.1. The summed E-state index contributed by atoms with van der Waals surface area (Å²) in [6, 6.07) is 5.46. The van der Waals surface area contributed by atoms with Gasteiger partial charge in [0.2, 0.25) is 0 Å². The van der Waals surface area contributed by atoms with Gasteiger partial charge < -0.3 is 11.5 Å². The Bertz CT molecular complexity index is 282. The Morgan fingerprint density at radius 3 is 2.50 bits per heavy atom. The first kappa shape index (κ1) is 10.8. The number of benzene rings is 1. The number of halogens is 1. The normalized spacial score (nSPS) is 9.75. The molecule has 3 heteroatoms. The van der Waals surface area contributed by atoms with Gasteiger partial charge in [0.15, 0.2) is 0 Å². The lowest BCUT2D eigenvalue weighted by Crippen LogP contribution is -1.91. The second-order valence-electron chi connectivity index (χ2n) is 2.39. The number of hydrogen-bond acceptors (Lipinski definition) is 2. The molecule has 0 aliphatic heterocycles. The topological polar surface area (TPSA) is 52.0 Å². The van der Waals surface area contributed by atoms with Crippen LogP contribution in [0.15, 0.2) is 24.3 Å². The van der Waals surface area contributed by atoms with E-state index in [-0.39, 0.29) is 12.4 Å². The van der Waals surface area contributed by atoms with Gasteiger partial charge in [0, 0.05) is 11.4 Å². The number of anilines is 2. The molecule has 1 aromatic carbocycles. The van der Waals surface area contributed by atoms with E-state index in [1.54, 1.807) is 6.07 Å². The molecule has 1 aromatic rings. The summed E-state index contributed by atoms with van der Waals surface area (Å²) in [5.74, 6) is 0. The van der Waals surface area contributed by atoms with Crippen molar-refractivity contribution in [2.24, 2.45) is 0 Å². The molecule has 0 saturated carbocycles. The average molecular weight is 185 g/mol. The zero-order chi connectivity index (χ0) is 8.27. The van der Waals surface area contributed by atoms with Gasteiger partial charge in [-0.25, -0.2) is 0 Å². The number of hydrogen-bond donors (Lipinski definition) is 2. The third-order valence-electron chi connectivity index (χ3n) is 1.46. The molecule has 0 fully saturated rings. The van der Waals surface area contributed by atoms with E-state index in [0.29, 0.717) is 0 Å². The van der Waals surface area contributed by atoms with Gasteiger partial charge in [-0.1, -0.05) is 12.2 Å². The van der Waals surface area contributed by atoms with Crippen LogP contribution < -0.4 is 11.5 Å². The third kappa shape index (κ3) is 2.47. The lowest BCUT2D eigenvalue weighted by molar-refractivity contribution is 1.62. The summed E-state index contributed by atoms with van der Waals surface area (Å²) in [4.78, 5) is 0. The summed E-state index contributed by atoms with van der Waals surface area (Å²) in [6.45, 7) is 1.95. The van der Waals surface area contributed by atoms with Crippen molar-refractivity contribution in [2.45, 2.75) is 6.92 Å². The fraction of sp³-hybridized carbons (Fsp3) is 0.111. The predicted octanol–water partition coefficient (Wildman–Crippen LogP) is 2.31. The fourth-order valence-electron chi connectivity index (χ4n) is 0.917. The monoisotopic (exact) mass is 184 g/mol. The molecule has 66 valence electrons. The van der Waals surface area contributed by atoms with E-state index in [4.69, 9.17) is 11.5 Å². The van der Waals surface area contributed by atoms with Crippen LogP contribution in [0.2, 0.25) is 0 Å². The minimum absolute atomic E-state index is 0. The van der Waals surface area contributed by atoms with Crippen LogP contribution in [0.1, 0.15) is 12.5 Å². The second-order valence-corrected chi connectivity index (χ2v) is 2.39. The van der Waals surface area contributed by atoms with Crippen LogP contribution in [0, 0.1) is 0 Å². The van der Waals surface area contributed by atoms with Gasteiger partial charge in [-0.3, -0.25) is 0 Å².